The van der Waals surface area contributed by atoms with Gasteiger partial charge in [-0.15, -0.1) is 0 Å². The quantitative estimate of drug-likeness (QED) is 0.739. The maximum atomic E-state index is 12.9. The number of nitrogens with zero attached hydrogens (tertiary/aromatic N) is 2. The van der Waals surface area contributed by atoms with Crippen LogP contribution < -0.4 is 5.32 Å². The van der Waals surface area contributed by atoms with Gasteiger partial charge in [-0.1, -0.05) is 0 Å². The Morgan fingerprint density at radius 3 is 2.68 bits per heavy atom. The summed E-state index contributed by atoms with van der Waals surface area (Å²) in [5.74, 6) is -1.66. The van der Waals surface area contributed by atoms with E-state index in [0.29, 0.717) is 16.9 Å². The first kappa shape index (κ1) is 16.3. The summed E-state index contributed by atoms with van der Waals surface area (Å²) in [7, 11) is 0. The highest BCUT2D eigenvalue weighted by Gasteiger charge is 2.12. The van der Waals surface area contributed by atoms with Crippen molar-refractivity contribution >= 4 is 17.6 Å². The van der Waals surface area contributed by atoms with Crippen LogP contribution in [0.1, 0.15) is 16.2 Å². The Morgan fingerprint density at radius 1 is 1.20 bits per heavy atom. The van der Waals surface area contributed by atoms with Crippen molar-refractivity contribution in [3.8, 4) is 11.5 Å². The molecule has 0 radical (unpaired) electrons. The molecule has 0 aliphatic carbocycles. The number of carbonyl (C=O) groups excluding carboxylic acids is 1. The second kappa shape index (κ2) is 6.91. The zero-order valence-corrected chi connectivity index (χ0v) is 12.8. The summed E-state index contributed by atoms with van der Waals surface area (Å²) in [4.78, 5) is 30.8. The molecule has 0 saturated heterocycles. The van der Waals surface area contributed by atoms with Gasteiger partial charge in [0.05, 0.1) is 12.1 Å². The highest BCUT2D eigenvalue weighted by Crippen LogP contribution is 2.19. The highest BCUT2D eigenvalue weighted by atomic mass is 19.1. The molecule has 8 heteroatoms. The zero-order valence-electron chi connectivity index (χ0n) is 12.8. The predicted molar refractivity (Wildman–Crippen MR) is 85.4 cm³/mol. The summed E-state index contributed by atoms with van der Waals surface area (Å²) in [5.41, 5.74) is 1.13. The Labute approximate surface area is 141 Å². The lowest BCUT2D eigenvalue weighted by molar-refractivity contribution is -0.115. The summed E-state index contributed by atoms with van der Waals surface area (Å²) in [6.07, 6.45) is 2.57. The number of amides is 1. The first-order valence-electron chi connectivity index (χ1n) is 7.21. The van der Waals surface area contributed by atoms with E-state index in [0.717, 1.165) is 0 Å². The zero-order chi connectivity index (χ0) is 17.8. The molecular weight excluding hydrogens is 329 g/mol. The number of oxazole rings is 1. The van der Waals surface area contributed by atoms with E-state index in [-0.39, 0.29) is 29.7 Å². The van der Waals surface area contributed by atoms with E-state index in [1.807, 2.05) is 0 Å². The molecule has 1 aromatic carbocycles. The van der Waals surface area contributed by atoms with Crippen molar-refractivity contribution in [2.45, 2.75) is 6.42 Å². The van der Waals surface area contributed by atoms with Crippen LogP contribution in [0.25, 0.3) is 11.5 Å². The third-order valence-electron chi connectivity index (χ3n) is 3.25. The number of rotatable bonds is 5. The molecule has 0 atom stereocenters. The third-order valence-corrected chi connectivity index (χ3v) is 3.25. The van der Waals surface area contributed by atoms with Gasteiger partial charge >= 0.3 is 5.97 Å². The number of halogens is 1. The molecule has 25 heavy (non-hydrogen) atoms. The van der Waals surface area contributed by atoms with E-state index in [1.54, 1.807) is 0 Å². The number of hydrogen-bond acceptors (Lipinski definition) is 5. The molecule has 0 aliphatic heterocycles. The molecule has 3 rings (SSSR count). The van der Waals surface area contributed by atoms with Crippen molar-refractivity contribution in [3.05, 3.63) is 66.1 Å². The number of nitrogens with one attached hydrogen (secondary N) is 1. The Hall–Kier alpha value is -3.55. The normalized spacial score (nSPS) is 10.4. The molecule has 0 saturated carbocycles. The molecular formula is C17H12FN3O4. The molecule has 1 amide bonds. The number of anilines is 1. The van der Waals surface area contributed by atoms with E-state index >= 15 is 0 Å². The first-order valence-corrected chi connectivity index (χ1v) is 7.21. The number of carboxylic acid groups (broad SMARTS) is 1. The summed E-state index contributed by atoms with van der Waals surface area (Å²) >= 11 is 0. The van der Waals surface area contributed by atoms with Crippen LogP contribution in [-0.4, -0.2) is 27.0 Å². The monoisotopic (exact) mass is 341 g/mol. The Kier molecular flexibility index (Phi) is 4.51. The third kappa shape index (κ3) is 4.05. The van der Waals surface area contributed by atoms with Crippen molar-refractivity contribution in [1.29, 1.82) is 0 Å². The van der Waals surface area contributed by atoms with Gasteiger partial charge < -0.3 is 14.8 Å². The van der Waals surface area contributed by atoms with Crippen LogP contribution >= 0.6 is 0 Å². The lowest BCUT2D eigenvalue weighted by atomic mass is 10.2. The molecule has 7 nitrogen and oxygen atoms in total. The van der Waals surface area contributed by atoms with Gasteiger partial charge in [0.15, 0.2) is 0 Å². The fourth-order valence-corrected chi connectivity index (χ4v) is 2.11. The van der Waals surface area contributed by atoms with Crippen LogP contribution in [0.4, 0.5) is 10.1 Å². The minimum absolute atomic E-state index is 0.0601. The fourth-order valence-electron chi connectivity index (χ4n) is 2.11. The van der Waals surface area contributed by atoms with Gasteiger partial charge in [-0.25, -0.2) is 19.2 Å². The highest BCUT2D eigenvalue weighted by molar-refractivity contribution is 5.93. The van der Waals surface area contributed by atoms with E-state index in [2.05, 4.69) is 15.3 Å². The largest absolute Gasteiger partial charge is 0.477 e. The van der Waals surface area contributed by atoms with Gasteiger partial charge in [0.1, 0.15) is 17.8 Å². The topological polar surface area (TPSA) is 105 Å². The van der Waals surface area contributed by atoms with Crippen LogP contribution in [0.5, 0.6) is 0 Å². The van der Waals surface area contributed by atoms with Crippen LogP contribution in [0.3, 0.4) is 0 Å². The maximum Gasteiger partial charge on any atom is 0.354 e. The Morgan fingerprint density at radius 2 is 1.96 bits per heavy atom. The van der Waals surface area contributed by atoms with Crippen LogP contribution in [0.15, 0.2) is 53.3 Å². The number of pyridine rings is 1. The minimum atomic E-state index is -1.18. The summed E-state index contributed by atoms with van der Waals surface area (Å²) < 4.78 is 18.2. The fraction of sp³-hybridized carbons (Fsp3) is 0.0588. The van der Waals surface area contributed by atoms with Crippen molar-refractivity contribution in [1.82, 2.24) is 9.97 Å². The van der Waals surface area contributed by atoms with Crippen molar-refractivity contribution in [3.63, 3.8) is 0 Å². The number of hydrogen-bond donors (Lipinski definition) is 2. The molecule has 0 unspecified atom stereocenters. The summed E-state index contributed by atoms with van der Waals surface area (Å²) in [6.45, 7) is 0. The number of carboxylic acids is 1. The van der Waals surface area contributed by atoms with Gasteiger partial charge in [0.25, 0.3) is 0 Å². The minimum Gasteiger partial charge on any atom is -0.477 e. The first-order chi connectivity index (χ1) is 12.0. The standard InChI is InChI=1S/C17H12FN3O4/c18-11-3-1-10(2-4-11)16-21-13(9-25-16)8-15(22)20-12-5-6-19-14(7-12)17(23)24/h1-7,9H,8H2,(H,23,24)(H,19,20,22). The van der Waals surface area contributed by atoms with Gasteiger partial charge in [-0.05, 0) is 36.4 Å². The van der Waals surface area contributed by atoms with E-state index in [9.17, 15) is 14.0 Å². The Balaban J connectivity index is 1.66. The predicted octanol–water partition coefficient (Wildman–Crippen LogP) is 2.76. The number of aromatic carboxylic acids is 1. The second-order valence-electron chi connectivity index (χ2n) is 5.11. The van der Waals surface area contributed by atoms with E-state index < -0.39 is 5.97 Å². The molecule has 2 heterocycles. The van der Waals surface area contributed by atoms with Crippen LogP contribution in [0.2, 0.25) is 0 Å². The summed E-state index contributed by atoms with van der Waals surface area (Å²) in [6, 6.07) is 8.36. The molecule has 0 aliphatic rings. The molecule has 0 fully saturated rings. The maximum absolute atomic E-state index is 12.9. The van der Waals surface area contributed by atoms with Crippen LogP contribution in [-0.2, 0) is 11.2 Å². The molecule has 0 spiro atoms. The lowest BCUT2D eigenvalue weighted by Crippen LogP contribution is -2.15. The second-order valence-corrected chi connectivity index (χ2v) is 5.11. The smallest absolute Gasteiger partial charge is 0.354 e. The number of carbonyl (C=O) groups is 2. The van der Waals surface area contributed by atoms with Gasteiger partial charge in [0, 0.05) is 17.4 Å². The summed E-state index contributed by atoms with van der Waals surface area (Å²) in [5, 5.41) is 11.5. The van der Waals surface area contributed by atoms with Crippen molar-refractivity contribution in [2.24, 2.45) is 0 Å². The SMILES string of the molecule is O=C(Cc1coc(-c2ccc(F)cc2)n1)Nc1ccnc(C(=O)O)c1. The van der Waals surface area contributed by atoms with Gasteiger partial charge in [-0.3, -0.25) is 4.79 Å². The number of aromatic nitrogens is 2. The number of benzene rings is 1. The molecule has 0 bridgehead atoms. The van der Waals surface area contributed by atoms with Crippen LogP contribution in [0, 0.1) is 5.82 Å². The van der Waals surface area contributed by atoms with E-state index in [1.165, 1.54) is 48.9 Å². The van der Waals surface area contributed by atoms with Gasteiger partial charge in [-0.2, -0.15) is 0 Å². The van der Waals surface area contributed by atoms with Crippen molar-refractivity contribution < 1.29 is 23.5 Å². The van der Waals surface area contributed by atoms with E-state index in [4.69, 9.17) is 9.52 Å². The van der Waals surface area contributed by atoms with Gasteiger partial charge in [0.2, 0.25) is 11.8 Å². The molecule has 3 aromatic rings. The average Bonchev–Trinajstić information content (AvgIpc) is 3.04. The van der Waals surface area contributed by atoms with Crippen molar-refractivity contribution in [2.75, 3.05) is 5.32 Å². The Bertz CT molecular complexity index is 922. The average molecular weight is 341 g/mol. The molecule has 126 valence electrons. The molecule has 2 aromatic heterocycles. The lowest BCUT2D eigenvalue weighted by Gasteiger charge is -2.04. The molecule has 2 N–H and O–H groups in total.